The van der Waals surface area contributed by atoms with Gasteiger partial charge < -0.3 is 14.8 Å². The molecule has 0 spiro atoms. The van der Waals surface area contributed by atoms with Crippen molar-refractivity contribution >= 4 is 6.03 Å². The van der Waals surface area contributed by atoms with Gasteiger partial charge >= 0.3 is 6.03 Å². The van der Waals surface area contributed by atoms with Crippen LogP contribution in [0.4, 0.5) is 9.18 Å². The summed E-state index contributed by atoms with van der Waals surface area (Å²) < 4.78 is 15.8. The molecule has 0 saturated carbocycles. The minimum absolute atomic E-state index is 0.0711. The molecule has 1 aromatic carbocycles. The lowest BCUT2D eigenvalue weighted by Gasteiger charge is -2.32. The highest BCUT2D eigenvalue weighted by molar-refractivity contribution is 5.74. The summed E-state index contributed by atoms with van der Waals surface area (Å²) >= 11 is 0. The molecule has 0 bridgehead atoms. The Morgan fingerprint density at radius 2 is 2.21 bits per heavy atom. The number of carbonyl (C=O) groups excluding carboxylic acids is 1. The largest absolute Gasteiger partial charge is 0.334 e. The average molecular weight is 327 g/mol. The summed E-state index contributed by atoms with van der Waals surface area (Å²) in [5.74, 6) is -0.423. The van der Waals surface area contributed by atoms with E-state index in [2.05, 4.69) is 14.9 Å². The van der Waals surface area contributed by atoms with Crippen LogP contribution in [0.3, 0.4) is 0 Å². The third-order valence-electron chi connectivity index (χ3n) is 4.30. The fourth-order valence-electron chi connectivity index (χ4n) is 2.91. The molecule has 2 aromatic rings. The number of urea groups is 1. The van der Waals surface area contributed by atoms with Crippen molar-refractivity contribution in [3.63, 3.8) is 0 Å². The van der Waals surface area contributed by atoms with Crippen molar-refractivity contribution in [2.24, 2.45) is 0 Å². The van der Waals surface area contributed by atoms with Crippen LogP contribution in [0.15, 0.2) is 36.9 Å². The van der Waals surface area contributed by atoms with Crippen LogP contribution < -0.4 is 5.32 Å². The number of imidazole rings is 1. The van der Waals surface area contributed by atoms with E-state index in [0.29, 0.717) is 30.3 Å². The predicted octanol–water partition coefficient (Wildman–Crippen LogP) is 2.44. The summed E-state index contributed by atoms with van der Waals surface area (Å²) in [6, 6.07) is 6.25. The van der Waals surface area contributed by atoms with Crippen LogP contribution in [0.1, 0.15) is 30.0 Å². The van der Waals surface area contributed by atoms with Gasteiger partial charge in [-0.05, 0) is 31.0 Å². The Morgan fingerprint density at radius 3 is 2.88 bits per heavy atom. The number of nitrogens with zero attached hydrogens (tertiary/aromatic N) is 4. The molecule has 6 nitrogen and oxygen atoms in total. The van der Waals surface area contributed by atoms with Gasteiger partial charge in [-0.1, -0.05) is 0 Å². The van der Waals surface area contributed by atoms with Crippen LogP contribution in [-0.2, 0) is 6.54 Å². The molecule has 7 heteroatoms. The van der Waals surface area contributed by atoms with Gasteiger partial charge in [-0.2, -0.15) is 5.26 Å². The van der Waals surface area contributed by atoms with Crippen molar-refractivity contribution in [3.8, 4) is 6.07 Å². The zero-order valence-electron chi connectivity index (χ0n) is 13.2. The summed E-state index contributed by atoms with van der Waals surface area (Å²) in [4.78, 5) is 18.0. The number of nitriles is 1. The van der Waals surface area contributed by atoms with E-state index >= 15 is 0 Å². The minimum atomic E-state index is -0.423. The Bertz CT molecular complexity index is 745. The number of hydrogen-bond donors (Lipinski definition) is 1. The third-order valence-corrected chi connectivity index (χ3v) is 4.30. The van der Waals surface area contributed by atoms with Crippen LogP contribution in [0.25, 0.3) is 0 Å². The first-order chi connectivity index (χ1) is 11.7. The van der Waals surface area contributed by atoms with Crippen molar-refractivity contribution in [1.29, 1.82) is 5.26 Å². The smallest absolute Gasteiger partial charge is 0.317 e. The molecular weight excluding hydrogens is 309 g/mol. The van der Waals surface area contributed by atoms with E-state index in [1.807, 2.05) is 12.3 Å². The van der Waals surface area contributed by atoms with Crippen LogP contribution in [0, 0.1) is 17.1 Å². The van der Waals surface area contributed by atoms with E-state index in [0.717, 1.165) is 12.8 Å². The summed E-state index contributed by atoms with van der Waals surface area (Å²) in [5.41, 5.74) is 0.692. The summed E-state index contributed by atoms with van der Waals surface area (Å²) in [7, 11) is 0. The van der Waals surface area contributed by atoms with Gasteiger partial charge in [0, 0.05) is 43.6 Å². The molecule has 2 amide bonds. The molecule has 3 rings (SSSR count). The highest BCUT2D eigenvalue weighted by Crippen LogP contribution is 2.22. The molecule has 0 unspecified atom stereocenters. The molecule has 1 aromatic heterocycles. The second-order valence-electron chi connectivity index (χ2n) is 5.80. The van der Waals surface area contributed by atoms with Gasteiger partial charge in [0.05, 0.1) is 18.0 Å². The highest BCUT2D eigenvalue weighted by atomic mass is 19.1. The molecule has 1 saturated heterocycles. The standard InChI is InChI=1S/C17H18FN5O/c18-16-2-1-13(10-19)9-14(16)11-21-17(24)22-6-3-15(4-7-22)23-8-5-20-12-23/h1-2,5,8-9,12,15H,3-4,6-7,11H2,(H,21,24). The first-order valence-electron chi connectivity index (χ1n) is 7.86. The number of likely N-dealkylation sites (tertiary alicyclic amines) is 1. The minimum Gasteiger partial charge on any atom is -0.334 e. The van der Waals surface area contributed by atoms with E-state index < -0.39 is 5.82 Å². The molecule has 1 N–H and O–H groups in total. The molecule has 1 aliphatic rings. The van der Waals surface area contributed by atoms with Crippen molar-refractivity contribution in [2.75, 3.05) is 13.1 Å². The maximum absolute atomic E-state index is 13.7. The SMILES string of the molecule is N#Cc1ccc(F)c(CNC(=O)N2CCC(n3ccnc3)CC2)c1. The van der Waals surface area contributed by atoms with Crippen LogP contribution in [-0.4, -0.2) is 33.6 Å². The van der Waals surface area contributed by atoms with Crippen LogP contribution in [0.2, 0.25) is 0 Å². The van der Waals surface area contributed by atoms with Gasteiger partial charge in [0.15, 0.2) is 0 Å². The lowest BCUT2D eigenvalue weighted by atomic mass is 10.1. The van der Waals surface area contributed by atoms with E-state index in [9.17, 15) is 9.18 Å². The maximum Gasteiger partial charge on any atom is 0.317 e. The molecular formula is C17H18FN5O. The normalized spacial score (nSPS) is 15.1. The first-order valence-corrected chi connectivity index (χ1v) is 7.86. The van der Waals surface area contributed by atoms with Crippen LogP contribution >= 0.6 is 0 Å². The Morgan fingerprint density at radius 1 is 1.42 bits per heavy atom. The Labute approximate surface area is 139 Å². The molecule has 0 atom stereocenters. The first kappa shape index (κ1) is 16.0. The van der Waals surface area contributed by atoms with Crippen molar-refractivity contribution in [1.82, 2.24) is 19.8 Å². The fourth-order valence-corrected chi connectivity index (χ4v) is 2.91. The van der Waals surface area contributed by atoms with Gasteiger partial charge in [0.1, 0.15) is 5.82 Å². The number of amides is 2. The quantitative estimate of drug-likeness (QED) is 0.941. The van der Waals surface area contributed by atoms with Crippen molar-refractivity contribution in [3.05, 3.63) is 53.9 Å². The summed E-state index contributed by atoms with van der Waals surface area (Å²) in [5, 5.41) is 11.6. The predicted molar refractivity (Wildman–Crippen MR) is 85.4 cm³/mol. The zero-order valence-corrected chi connectivity index (χ0v) is 13.2. The molecule has 1 fully saturated rings. The van der Waals surface area contributed by atoms with E-state index in [1.165, 1.54) is 18.2 Å². The summed E-state index contributed by atoms with van der Waals surface area (Å²) in [6.07, 6.45) is 7.21. The lowest BCUT2D eigenvalue weighted by Crippen LogP contribution is -2.44. The molecule has 124 valence electrons. The Balaban J connectivity index is 1.52. The number of rotatable bonds is 3. The zero-order chi connectivity index (χ0) is 16.9. The second kappa shape index (κ2) is 7.13. The Kier molecular flexibility index (Phi) is 4.75. The highest BCUT2D eigenvalue weighted by Gasteiger charge is 2.23. The lowest BCUT2D eigenvalue weighted by molar-refractivity contribution is 0.171. The molecule has 2 heterocycles. The maximum atomic E-state index is 13.7. The fraction of sp³-hybridized carbons (Fsp3) is 0.353. The number of nitrogens with one attached hydrogen (secondary N) is 1. The third kappa shape index (κ3) is 3.54. The Hall–Kier alpha value is -2.88. The molecule has 24 heavy (non-hydrogen) atoms. The number of aromatic nitrogens is 2. The number of hydrogen-bond acceptors (Lipinski definition) is 3. The number of piperidine rings is 1. The second-order valence-corrected chi connectivity index (χ2v) is 5.80. The molecule has 0 aliphatic carbocycles. The molecule has 0 radical (unpaired) electrons. The van der Waals surface area contributed by atoms with Crippen LogP contribution in [0.5, 0.6) is 0 Å². The van der Waals surface area contributed by atoms with E-state index in [1.54, 1.807) is 17.4 Å². The number of benzene rings is 1. The van der Waals surface area contributed by atoms with E-state index in [4.69, 9.17) is 5.26 Å². The van der Waals surface area contributed by atoms with E-state index in [-0.39, 0.29) is 12.6 Å². The topological polar surface area (TPSA) is 74.0 Å². The van der Waals surface area contributed by atoms with Crippen molar-refractivity contribution < 1.29 is 9.18 Å². The number of carbonyl (C=O) groups is 1. The van der Waals surface area contributed by atoms with Gasteiger partial charge in [-0.25, -0.2) is 14.2 Å². The van der Waals surface area contributed by atoms with Gasteiger partial charge in [-0.3, -0.25) is 0 Å². The van der Waals surface area contributed by atoms with Gasteiger partial charge in [-0.15, -0.1) is 0 Å². The van der Waals surface area contributed by atoms with Gasteiger partial charge in [0.2, 0.25) is 0 Å². The monoisotopic (exact) mass is 327 g/mol. The molecule has 1 aliphatic heterocycles. The number of halogens is 1. The van der Waals surface area contributed by atoms with Crippen molar-refractivity contribution in [2.45, 2.75) is 25.4 Å². The summed E-state index contributed by atoms with van der Waals surface area (Å²) in [6.45, 7) is 1.37. The van der Waals surface area contributed by atoms with Gasteiger partial charge in [0.25, 0.3) is 0 Å². The average Bonchev–Trinajstić information content (AvgIpc) is 3.15.